The molecule has 3 rings (SSSR count). The van der Waals surface area contributed by atoms with Crippen LogP contribution in [0.1, 0.15) is 24.0 Å². The second-order valence-electron chi connectivity index (χ2n) is 5.07. The van der Waals surface area contributed by atoms with Crippen LogP contribution >= 0.6 is 0 Å². The third kappa shape index (κ3) is 2.08. The molecular weight excluding hydrogens is 228 g/mol. The lowest BCUT2D eigenvalue weighted by molar-refractivity contribution is -0.122. The molecular formula is C14H18N2O2. The molecule has 0 aromatic heterocycles. The molecule has 2 aliphatic heterocycles. The van der Waals surface area contributed by atoms with Gasteiger partial charge in [-0.05, 0) is 36.6 Å². The normalized spacial score (nSPS) is 22.8. The van der Waals surface area contributed by atoms with Crippen LogP contribution in [0.2, 0.25) is 0 Å². The lowest BCUT2D eigenvalue weighted by Gasteiger charge is -2.21. The van der Waals surface area contributed by atoms with Crippen LogP contribution in [-0.2, 0) is 17.8 Å². The smallest absolute Gasteiger partial charge is 0.234 e. The average molecular weight is 246 g/mol. The Hall–Kier alpha value is -1.55. The maximum absolute atomic E-state index is 11.3. The van der Waals surface area contributed by atoms with Gasteiger partial charge in [-0.1, -0.05) is 12.1 Å². The number of likely N-dealkylation sites (tertiary alicyclic amines) is 1. The fourth-order valence-corrected chi connectivity index (χ4v) is 2.91. The minimum absolute atomic E-state index is 0.0884. The van der Waals surface area contributed by atoms with Crippen molar-refractivity contribution in [3.8, 4) is 5.75 Å². The van der Waals surface area contributed by atoms with E-state index < -0.39 is 0 Å². The molecule has 0 unspecified atom stereocenters. The molecule has 0 spiro atoms. The van der Waals surface area contributed by atoms with Crippen molar-refractivity contribution >= 4 is 5.91 Å². The lowest BCUT2D eigenvalue weighted by Crippen LogP contribution is -2.39. The Bertz CT molecular complexity index is 473. The summed E-state index contributed by atoms with van der Waals surface area (Å²) in [6.07, 6.45) is 2.94. The first-order chi connectivity index (χ1) is 8.74. The van der Waals surface area contributed by atoms with Crippen molar-refractivity contribution in [2.24, 2.45) is 5.73 Å². The van der Waals surface area contributed by atoms with Crippen LogP contribution in [0.4, 0.5) is 0 Å². The van der Waals surface area contributed by atoms with Crippen molar-refractivity contribution in [3.63, 3.8) is 0 Å². The minimum Gasteiger partial charge on any atom is -0.493 e. The van der Waals surface area contributed by atoms with Crippen molar-refractivity contribution in [2.75, 3.05) is 13.2 Å². The van der Waals surface area contributed by atoms with Gasteiger partial charge in [0.1, 0.15) is 5.75 Å². The first-order valence-electron chi connectivity index (χ1n) is 6.52. The van der Waals surface area contributed by atoms with Crippen LogP contribution in [0, 0.1) is 0 Å². The standard InChI is InChI=1S/C14H18N2O2/c15-14(17)12-2-1-6-16(12)9-10-3-4-13-11(8-10)5-7-18-13/h3-4,8,12H,1-2,5-7,9H2,(H2,15,17)/t12-/m1/s1. The highest BCUT2D eigenvalue weighted by atomic mass is 16.5. The van der Waals surface area contributed by atoms with Crippen molar-refractivity contribution in [1.82, 2.24) is 4.90 Å². The van der Waals surface area contributed by atoms with Gasteiger partial charge in [-0.3, -0.25) is 9.69 Å². The number of carbonyl (C=O) groups is 1. The number of amides is 1. The number of nitrogens with two attached hydrogens (primary N) is 1. The van der Waals surface area contributed by atoms with Gasteiger partial charge in [-0.2, -0.15) is 0 Å². The van der Waals surface area contributed by atoms with E-state index in [9.17, 15) is 4.79 Å². The van der Waals surface area contributed by atoms with Crippen LogP contribution in [0.15, 0.2) is 18.2 Å². The van der Waals surface area contributed by atoms with Crippen molar-refractivity contribution < 1.29 is 9.53 Å². The highest BCUT2D eigenvalue weighted by Crippen LogP contribution is 2.27. The average Bonchev–Trinajstić information content (AvgIpc) is 2.96. The number of rotatable bonds is 3. The summed E-state index contributed by atoms with van der Waals surface area (Å²) < 4.78 is 5.50. The molecule has 0 saturated carbocycles. The number of primary amides is 1. The Morgan fingerprint density at radius 3 is 3.22 bits per heavy atom. The Morgan fingerprint density at radius 1 is 1.50 bits per heavy atom. The molecule has 18 heavy (non-hydrogen) atoms. The fourth-order valence-electron chi connectivity index (χ4n) is 2.91. The second kappa shape index (κ2) is 4.61. The van der Waals surface area contributed by atoms with Gasteiger partial charge < -0.3 is 10.5 Å². The van der Waals surface area contributed by atoms with Crippen molar-refractivity contribution in [3.05, 3.63) is 29.3 Å². The monoisotopic (exact) mass is 246 g/mol. The molecule has 2 aliphatic rings. The Balaban J connectivity index is 1.74. The highest BCUT2D eigenvalue weighted by molar-refractivity contribution is 5.80. The lowest BCUT2D eigenvalue weighted by atomic mass is 10.1. The summed E-state index contributed by atoms with van der Waals surface area (Å²) in [5.74, 6) is 0.809. The first-order valence-corrected chi connectivity index (χ1v) is 6.52. The molecule has 0 aliphatic carbocycles. The van der Waals surface area contributed by atoms with Crippen LogP contribution in [0.25, 0.3) is 0 Å². The summed E-state index contributed by atoms with van der Waals surface area (Å²) in [5, 5.41) is 0. The van der Waals surface area contributed by atoms with Gasteiger partial charge in [0.25, 0.3) is 0 Å². The zero-order valence-electron chi connectivity index (χ0n) is 10.4. The van der Waals surface area contributed by atoms with E-state index >= 15 is 0 Å². The summed E-state index contributed by atoms with van der Waals surface area (Å²) >= 11 is 0. The summed E-state index contributed by atoms with van der Waals surface area (Å²) in [7, 11) is 0. The summed E-state index contributed by atoms with van der Waals surface area (Å²) in [4.78, 5) is 13.5. The van der Waals surface area contributed by atoms with Crippen molar-refractivity contribution in [2.45, 2.75) is 31.8 Å². The quantitative estimate of drug-likeness (QED) is 0.868. The molecule has 1 aromatic rings. The van der Waals surface area contributed by atoms with Crippen molar-refractivity contribution in [1.29, 1.82) is 0 Å². The third-order valence-electron chi connectivity index (χ3n) is 3.83. The molecule has 96 valence electrons. The number of nitrogens with zero attached hydrogens (tertiary/aromatic N) is 1. The molecule has 1 aromatic carbocycles. The van der Waals surface area contributed by atoms with E-state index in [1.165, 1.54) is 11.1 Å². The fraction of sp³-hybridized carbons (Fsp3) is 0.500. The molecule has 1 amide bonds. The molecule has 1 fully saturated rings. The second-order valence-corrected chi connectivity index (χ2v) is 5.07. The molecule has 2 heterocycles. The topological polar surface area (TPSA) is 55.6 Å². The summed E-state index contributed by atoms with van der Waals surface area (Å²) in [6.45, 7) is 2.55. The predicted octanol–water partition coefficient (Wildman–Crippen LogP) is 1.07. The van der Waals surface area contributed by atoms with Gasteiger partial charge in [0.15, 0.2) is 0 Å². The molecule has 1 atom stereocenters. The van der Waals surface area contributed by atoms with E-state index in [4.69, 9.17) is 10.5 Å². The summed E-state index contributed by atoms with van der Waals surface area (Å²) in [5.41, 5.74) is 7.95. The van der Waals surface area contributed by atoms with E-state index in [-0.39, 0.29) is 11.9 Å². The van der Waals surface area contributed by atoms with Crippen LogP contribution in [-0.4, -0.2) is 30.0 Å². The maximum atomic E-state index is 11.3. The van der Waals surface area contributed by atoms with E-state index in [0.29, 0.717) is 0 Å². The molecule has 2 N–H and O–H groups in total. The van der Waals surface area contributed by atoms with E-state index in [1.54, 1.807) is 0 Å². The number of fused-ring (bicyclic) bond motifs is 1. The number of benzene rings is 1. The number of ether oxygens (including phenoxy) is 1. The molecule has 1 saturated heterocycles. The van der Waals surface area contributed by atoms with E-state index in [0.717, 1.165) is 44.7 Å². The zero-order chi connectivity index (χ0) is 12.5. The minimum atomic E-state index is -0.197. The van der Waals surface area contributed by atoms with Gasteiger partial charge in [-0.25, -0.2) is 0 Å². The SMILES string of the molecule is NC(=O)[C@H]1CCCN1Cc1ccc2c(c1)CCO2. The number of carbonyl (C=O) groups excluding carboxylic acids is 1. The van der Waals surface area contributed by atoms with Crippen LogP contribution in [0.5, 0.6) is 5.75 Å². The molecule has 0 radical (unpaired) electrons. The predicted molar refractivity (Wildman–Crippen MR) is 68.3 cm³/mol. The molecule has 4 nitrogen and oxygen atoms in total. The van der Waals surface area contributed by atoms with Gasteiger partial charge in [0.05, 0.1) is 12.6 Å². The summed E-state index contributed by atoms with van der Waals surface area (Å²) in [6, 6.07) is 6.22. The van der Waals surface area contributed by atoms with Gasteiger partial charge in [-0.15, -0.1) is 0 Å². The Labute approximate surface area is 107 Å². The van der Waals surface area contributed by atoms with E-state index in [1.807, 2.05) is 6.07 Å². The molecule has 4 heteroatoms. The van der Waals surface area contributed by atoms with Crippen LogP contribution < -0.4 is 10.5 Å². The largest absolute Gasteiger partial charge is 0.493 e. The van der Waals surface area contributed by atoms with E-state index in [2.05, 4.69) is 17.0 Å². The van der Waals surface area contributed by atoms with Gasteiger partial charge in [0, 0.05) is 13.0 Å². The Kier molecular flexibility index (Phi) is 2.96. The zero-order valence-corrected chi connectivity index (χ0v) is 10.4. The third-order valence-corrected chi connectivity index (χ3v) is 3.83. The molecule has 0 bridgehead atoms. The van der Waals surface area contributed by atoms with Gasteiger partial charge in [0.2, 0.25) is 5.91 Å². The van der Waals surface area contributed by atoms with Crippen LogP contribution in [0.3, 0.4) is 0 Å². The number of hydrogen-bond donors (Lipinski definition) is 1. The number of hydrogen-bond acceptors (Lipinski definition) is 3. The first kappa shape index (κ1) is 11.5. The Morgan fingerprint density at radius 2 is 2.39 bits per heavy atom. The highest BCUT2D eigenvalue weighted by Gasteiger charge is 2.28. The van der Waals surface area contributed by atoms with Gasteiger partial charge >= 0.3 is 0 Å². The maximum Gasteiger partial charge on any atom is 0.234 e.